The fraction of sp³-hybridized carbons (Fsp3) is 0.150. The van der Waals surface area contributed by atoms with Crippen LogP contribution in [0, 0.1) is 0 Å². The van der Waals surface area contributed by atoms with Crippen LogP contribution in [0.3, 0.4) is 0 Å². The number of carboxylic acid groups (broad SMARTS) is 1. The van der Waals surface area contributed by atoms with Crippen molar-refractivity contribution in [1.29, 1.82) is 0 Å². The minimum Gasteiger partial charge on any atom is -0.486 e. The fourth-order valence-corrected chi connectivity index (χ4v) is 3.19. The molecule has 0 radical (unpaired) electrons. The molecule has 0 unspecified atom stereocenters. The second-order valence-electron chi connectivity index (χ2n) is 5.97. The highest BCUT2D eigenvalue weighted by atomic mass is 35.5. The van der Waals surface area contributed by atoms with Crippen molar-refractivity contribution in [2.45, 2.75) is 19.6 Å². The van der Waals surface area contributed by atoms with Gasteiger partial charge in [0.05, 0.1) is 22.5 Å². The minimum atomic E-state index is -0.987. The van der Waals surface area contributed by atoms with E-state index in [2.05, 4.69) is 4.98 Å². The molecule has 144 valence electrons. The molecule has 1 N–H and O–H groups in total. The Kier molecular flexibility index (Phi) is 6.34. The Bertz CT molecular complexity index is 1030. The third-order valence-corrected chi connectivity index (χ3v) is 4.74. The number of aromatic carboxylic acids is 1. The Labute approximate surface area is 170 Å². The Balaban J connectivity index is 1.82. The van der Waals surface area contributed by atoms with Crippen LogP contribution >= 0.6 is 23.2 Å². The first-order chi connectivity index (χ1) is 13.5. The molecule has 0 spiro atoms. The topological polar surface area (TPSA) is 81.4 Å². The van der Waals surface area contributed by atoms with E-state index in [0.717, 1.165) is 5.56 Å². The summed E-state index contributed by atoms with van der Waals surface area (Å²) >= 11 is 12.3. The summed E-state index contributed by atoms with van der Waals surface area (Å²) in [7, 11) is 0. The first-order valence-corrected chi connectivity index (χ1v) is 9.14. The molecule has 8 heteroatoms. The highest BCUT2D eigenvalue weighted by Gasteiger charge is 2.14. The molecule has 2 aromatic heterocycles. The molecule has 2 heterocycles. The van der Waals surface area contributed by atoms with E-state index in [1.165, 1.54) is 22.8 Å². The number of hydrogen-bond acceptors (Lipinski definition) is 4. The molecule has 1 aromatic carbocycles. The van der Waals surface area contributed by atoms with E-state index in [1.54, 1.807) is 36.7 Å². The SMILES string of the molecule is O=C(O)c1ccc(CCn2c(COc3cccnc3)c(Cl)cc(Cl)c2=O)cc1. The maximum absolute atomic E-state index is 12.5. The van der Waals surface area contributed by atoms with Gasteiger partial charge < -0.3 is 14.4 Å². The summed E-state index contributed by atoms with van der Waals surface area (Å²) in [5, 5.41) is 9.33. The molecule has 28 heavy (non-hydrogen) atoms. The van der Waals surface area contributed by atoms with Gasteiger partial charge in [-0.3, -0.25) is 9.78 Å². The summed E-state index contributed by atoms with van der Waals surface area (Å²) in [4.78, 5) is 27.5. The number of aryl methyl sites for hydroxylation is 1. The van der Waals surface area contributed by atoms with Crippen LogP contribution in [0.5, 0.6) is 5.75 Å². The number of rotatable bonds is 7. The lowest BCUT2D eigenvalue weighted by Crippen LogP contribution is -2.26. The van der Waals surface area contributed by atoms with Gasteiger partial charge in [0.2, 0.25) is 0 Å². The number of hydrogen-bond donors (Lipinski definition) is 1. The summed E-state index contributed by atoms with van der Waals surface area (Å²) in [6.45, 7) is 0.395. The Hall–Kier alpha value is -2.83. The molecule has 0 amide bonds. The van der Waals surface area contributed by atoms with E-state index in [9.17, 15) is 9.59 Å². The van der Waals surface area contributed by atoms with Crippen molar-refractivity contribution >= 4 is 29.2 Å². The molecule has 0 saturated carbocycles. The van der Waals surface area contributed by atoms with Gasteiger partial charge in [-0.1, -0.05) is 35.3 Å². The lowest BCUT2D eigenvalue weighted by atomic mass is 10.1. The smallest absolute Gasteiger partial charge is 0.335 e. The molecule has 0 aliphatic carbocycles. The number of aromatic nitrogens is 2. The molecule has 0 fully saturated rings. The van der Waals surface area contributed by atoms with Gasteiger partial charge in [-0.05, 0) is 42.3 Å². The van der Waals surface area contributed by atoms with Gasteiger partial charge in [-0.25, -0.2) is 4.79 Å². The predicted octanol–water partition coefficient (Wildman–Crippen LogP) is 4.07. The lowest BCUT2D eigenvalue weighted by molar-refractivity contribution is 0.0697. The van der Waals surface area contributed by atoms with E-state index in [4.69, 9.17) is 33.0 Å². The van der Waals surface area contributed by atoms with Crippen molar-refractivity contribution in [2.24, 2.45) is 0 Å². The Morgan fingerprint density at radius 1 is 1.14 bits per heavy atom. The van der Waals surface area contributed by atoms with Crippen LogP contribution in [-0.2, 0) is 19.6 Å². The number of ether oxygens (including phenoxy) is 1. The summed E-state index contributed by atoms with van der Waals surface area (Å²) in [5.74, 6) is -0.434. The summed E-state index contributed by atoms with van der Waals surface area (Å²) < 4.78 is 7.17. The highest BCUT2D eigenvalue weighted by Crippen LogP contribution is 2.21. The van der Waals surface area contributed by atoms with E-state index in [0.29, 0.717) is 29.4 Å². The highest BCUT2D eigenvalue weighted by molar-refractivity contribution is 6.34. The van der Waals surface area contributed by atoms with Crippen molar-refractivity contribution in [1.82, 2.24) is 9.55 Å². The molecule has 3 rings (SSSR count). The normalized spacial score (nSPS) is 10.6. The van der Waals surface area contributed by atoms with Gasteiger partial charge in [-0.2, -0.15) is 0 Å². The number of carbonyl (C=O) groups is 1. The number of carboxylic acids is 1. The van der Waals surface area contributed by atoms with Crippen LogP contribution in [0.25, 0.3) is 0 Å². The van der Waals surface area contributed by atoms with Crippen molar-refractivity contribution in [2.75, 3.05) is 0 Å². The first-order valence-electron chi connectivity index (χ1n) is 8.38. The third kappa shape index (κ3) is 4.71. The second-order valence-corrected chi connectivity index (χ2v) is 6.79. The van der Waals surface area contributed by atoms with Crippen molar-refractivity contribution in [3.8, 4) is 5.75 Å². The van der Waals surface area contributed by atoms with Gasteiger partial charge in [0, 0.05) is 12.7 Å². The fourth-order valence-electron chi connectivity index (χ4n) is 2.66. The maximum Gasteiger partial charge on any atom is 0.335 e. The van der Waals surface area contributed by atoms with Crippen LogP contribution in [0.15, 0.2) is 59.7 Å². The zero-order valence-corrected chi connectivity index (χ0v) is 16.2. The summed E-state index contributed by atoms with van der Waals surface area (Å²) in [6, 6.07) is 11.4. The van der Waals surface area contributed by atoms with E-state index in [-0.39, 0.29) is 22.8 Å². The third-order valence-electron chi connectivity index (χ3n) is 4.14. The van der Waals surface area contributed by atoms with Crippen LogP contribution in [0.4, 0.5) is 0 Å². The monoisotopic (exact) mass is 418 g/mol. The van der Waals surface area contributed by atoms with Gasteiger partial charge in [-0.15, -0.1) is 0 Å². The van der Waals surface area contributed by atoms with Crippen molar-refractivity contribution in [3.05, 3.63) is 92.1 Å². The number of benzene rings is 1. The summed E-state index contributed by atoms with van der Waals surface area (Å²) in [6.07, 6.45) is 3.69. The van der Waals surface area contributed by atoms with Gasteiger partial charge >= 0.3 is 5.97 Å². The number of pyridine rings is 2. The molecule has 0 aliphatic rings. The Morgan fingerprint density at radius 2 is 1.89 bits per heavy atom. The molecule has 3 aromatic rings. The van der Waals surface area contributed by atoms with E-state index in [1.807, 2.05) is 0 Å². The lowest BCUT2D eigenvalue weighted by Gasteiger charge is -2.16. The second kappa shape index (κ2) is 8.91. The first kappa shape index (κ1) is 19.9. The standard InChI is InChI=1S/C20H16Cl2N2O4/c21-16-10-17(22)19(25)24(18(16)12-28-15-2-1-8-23-11-15)9-7-13-3-5-14(6-4-13)20(26)27/h1-6,8,10-11H,7,9,12H2,(H,26,27). The van der Waals surface area contributed by atoms with Gasteiger partial charge in [0.25, 0.3) is 5.56 Å². The molecular formula is C20H16Cl2N2O4. The quantitative estimate of drug-likeness (QED) is 0.625. The van der Waals surface area contributed by atoms with Crippen LogP contribution in [0.1, 0.15) is 21.6 Å². The predicted molar refractivity (Wildman–Crippen MR) is 106 cm³/mol. The largest absolute Gasteiger partial charge is 0.486 e. The molecule has 0 bridgehead atoms. The van der Waals surface area contributed by atoms with E-state index < -0.39 is 5.97 Å². The van der Waals surface area contributed by atoms with Crippen LogP contribution in [0.2, 0.25) is 10.0 Å². The van der Waals surface area contributed by atoms with Crippen molar-refractivity contribution in [3.63, 3.8) is 0 Å². The van der Waals surface area contributed by atoms with Gasteiger partial charge in [0.1, 0.15) is 17.4 Å². The zero-order chi connectivity index (χ0) is 20.1. The minimum absolute atomic E-state index is 0.0244. The van der Waals surface area contributed by atoms with Crippen LogP contribution < -0.4 is 10.3 Å². The average molecular weight is 419 g/mol. The molecule has 0 aliphatic heterocycles. The Morgan fingerprint density at radius 3 is 2.54 bits per heavy atom. The number of nitrogens with zero attached hydrogens (tertiary/aromatic N) is 2. The maximum atomic E-state index is 12.5. The molecular weight excluding hydrogens is 403 g/mol. The van der Waals surface area contributed by atoms with E-state index >= 15 is 0 Å². The molecule has 6 nitrogen and oxygen atoms in total. The summed E-state index contributed by atoms with van der Waals surface area (Å²) in [5.41, 5.74) is 1.23. The average Bonchev–Trinajstić information content (AvgIpc) is 2.70. The van der Waals surface area contributed by atoms with Gasteiger partial charge in [0.15, 0.2) is 0 Å². The van der Waals surface area contributed by atoms with Crippen molar-refractivity contribution < 1.29 is 14.6 Å². The van der Waals surface area contributed by atoms with Crippen LogP contribution in [-0.4, -0.2) is 20.6 Å². The molecule has 0 saturated heterocycles. The zero-order valence-electron chi connectivity index (χ0n) is 14.6. The number of halogens is 2. The molecule has 0 atom stereocenters.